The van der Waals surface area contributed by atoms with Gasteiger partial charge in [-0.15, -0.1) is 0 Å². The van der Waals surface area contributed by atoms with Crippen LogP contribution in [0.4, 0.5) is 0 Å². The van der Waals surface area contributed by atoms with Crippen molar-refractivity contribution in [1.82, 2.24) is 9.55 Å². The van der Waals surface area contributed by atoms with Gasteiger partial charge >= 0.3 is 0 Å². The van der Waals surface area contributed by atoms with E-state index in [1.54, 1.807) is 0 Å². The van der Waals surface area contributed by atoms with Gasteiger partial charge in [0.25, 0.3) is 0 Å². The van der Waals surface area contributed by atoms with Gasteiger partial charge in [0.2, 0.25) is 5.90 Å². The molecule has 8 aromatic rings. The molecule has 0 aliphatic carbocycles. The van der Waals surface area contributed by atoms with E-state index in [0.29, 0.717) is 5.90 Å². The Morgan fingerprint density at radius 1 is 0.562 bits per heavy atom. The molecule has 1 aliphatic heterocycles. The third-order valence-electron chi connectivity index (χ3n) is 10.4. The average Bonchev–Trinajstić information content (AvgIpc) is 3.56. The van der Waals surface area contributed by atoms with Crippen LogP contribution in [-0.4, -0.2) is 26.6 Å². The number of hydrogen-bond acceptors (Lipinski definition) is 3. The van der Waals surface area contributed by atoms with Gasteiger partial charge in [0.1, 0.15) is 11.3 Å². The highest BCUT2D eigenvalue weighted by Crippen LogP contribution is 2.43. The summed E-state index contributed by atoms with van der Waals surface area (Å²) in [7, 11) is 0. The summed E-state index contributed by atoms with van der Waals surface area (Å²) < 4.78 is 8.68. The van der Waals surface area contributed by atoms with Crippen molar-refractivity contribution in [3.8, 4) is 27.9 Å². The fourth-order valence-electron chi connectivity index (χ4n) is 7.09. The molecule has 0 fully saturated rings. The van der Waals surface area contributed by atoms with Crippen molar-refractivity contribution in [2.75, 3.05) is 0 Å². The lowest BCUT2D eigenvalue weighted by Crippen LogP contribution is -2.41. The smallest absolute Gasteiger partial charge is 0.236 e. The van der Waals surface area contributed by atoms with Gasteiger partial charge in [-0.2, -0.15) is 0 Å². The zero-order valence-corrected chi connectivity index (χ0v) is 27.5. The van der Waals surface area contributed by atoms with Crippen LogP contribution in [0, 0.1) is 0 Å². The van der Waals surface area contributed by atoms with Gasteiger partial charge in [-0.3, -0.25) is 4.98 Å². The molecule has 48 heavy (non-hydrogen) atoms. The molecule has 6 aromatic carbocycles. The van der Waals surface area contributed by atoms with E-state index in [9.17, 15) is 0 Å². The molecule has 232 valence electrons. The molecule has 9 rings (SSSR count). The highest BCUT2D eigenvalue weighted by atomic mass is 16.5. The number of para-hydroxylation sites is 1. The number of fused-ring (bicyclic) bond motifs is 6. The fraction of sp³-hybridized carbons (Fsp3) is 0.136. The Bertz CT molecular complexity index is 2570. The molecule has 4 nitrogen and oxygen atoms in total. The monoisotopic (exact) mass is 621 g/mol. The summed E-state index contributed by atoms with van der Waals surface area (Å²) in [5, 5.41) is 7.39. The van der Waals surface area contributed by atoms with Crippen LogP contribution in [-0.2, 0) is 4.74 Å². The molecular weight excluding hydrogens is 587 g/mol. The number of aliphatic imine (C=N–C) groups is 1. The van der Waals surface area contributed by atoms with Gasteiger partial charge in [-0.25, -0.2) is 4.99 Å². The summed E-state index contributed by atoms with van der Waals surface area (Å²) in [6, 6.07) is 48.1. The van der Waals surface area contributed by atoms with Gasteiger partial charge in [-0.1, -0.05) is 97.1 Å². The Kier molecular flexibility index (Phi) is 6.16. The average molecular weight is 622 g/mol. The van der Waals surface area contributed by atoms with Crippen LogP contribution in [0.5, 0.6) is 0 Å². The molecule has 1 aliphatic rings. The summed E-state index contributed by atoms with van der Waals surface area (Å²) in [5.41, 5.74) is 8.09. The minimum Gasteiger partial charge on any atom is -0.468 e. The standard InChI is InChI=1S/C44H35N3O/c1-43(2)44(3,4)48-42(46-43)38-23-21-32(27-45-38)37-26-40-41(35-17-11-10-16-34(35)37)36-22-20-31(25-39(36)47(40)33-14-6-5-7-15-33)30-19-18-28-12-8-9-13-29(28)24-30/h5-27H,1-4H3. The first-order valence-electron chi connectivity index (χ1n) is 16.6. The quantitative estimate of drug-likeness (QED) is 0.196. The fourth-order valence-corrected chi connectivity index (χ4v) is 7.09. The molecule has 2 aromatic heterocycles. The summed E-state index contributed by atoms with van der Waals surface area (Å²) in [6.07, 6.45) is 1.96. The lowest BCUT2D eigenvalue weighted by Gasteiger charge is -2.30. The Balaban J connectivity index is 1.27. The lowest BCUT2D eigenvalue weighted by molar-refractivity contribution is 0.0617. The largest absolute Gasteiger partial charge is 0.468 e. The van der Waals surface area contributed by atoms with Crippen molar-refractivity contribution < 1.29 is 4.74 Å². The van der Waals surface area contributed by atoms with E-state index < -0.39 is 5.60 Å². The van der Waals surface area contributed by atoms with Crippen molar-refractivity contribution in [2.24, 2.45) is 4.99 Å². The number of benzene rings is 6. The predicted octanol–water partition coefficient (Wildman–Crippen LogP) is 11.2. The maximum Gasteiger partial charge on any atom is 0.236 e. The summed E-state index contributed by atoms with van der Waals surface area (Å²) in [6.45, 7) is 8.37. The second kappa shape index (κ2) is 10.4. The van der Waals surface area contributed by atoms with Crippen LogP contribution in [0.3, 0.4) is 0 Å². The van der Waals surface area contributed by atoms with E-state index in [1.165, 1.54) is 49.0 Å². The van der Waals surface area contributed by atoms with E-state index in [-0.39, 0.29) is 5.54 Å². The first kappa shape index (κ1) is 28.5. The minimum absolute atomic E-state index is 0.330. The van der Waals surface area contributed by atoms with Crippen molar-refractivity contribution in [3.63, 3.8) is 0 Å². The third kappa shape index (κ3) is 4.36. The van der Waals surface area contributed by atoms with E-state index >= 15 is 0 Å². The summed E-state index contributed by atoms with van der Waals surface area (Å²) in [5.74, 6) is 0.600. The van der Waals surface area contributed by atoms with Gasteiger partial charge in [0, 0.05) is 28.2 Å². The van der Waals surface area contributed by atoms with Gasteiger partial charge in [0.15, 0.2) is 0 Å². The number of rotatable bonds is 4. The van der Waals surface area contributed by atoms with Gasteiger partial charge < -0.3 is 9.30 Å². The molecule has 3 heterocycles. The van der Waals surface area contributed by atoms with E-state index in [4.69, 9.17) is 14.7 Å². The molecule has 0 unspecified atom stereocenters. The number of aromatic nitrogens is 2. The predicted molar refractivity (Wildman–Crippen MR) is 200 cm³/mol. The van der Waals surface area contributed by atoms with E-state index in [2.05, 4.69) is 160 Å². The molecule has 0 amide bonds. The van der Waals surface area contributed by atoms with E-state index in [1.807, 2.05) is 12.3 Å². The van der Waals surface area contributed by atoms with Crippen LogP contribution in [0.15, 0.2) is 145 Å². The molecule has 0 radical (unpaired) electrons. The zero-order valence-electron chi connectivity index (χ0n) is 27.5. The molecule has 4 heteroatoms. The highest BCUT2D eigenvalue weighted by Gasteiger charge is 2.45. The van der Waals surface area contributed by atoms with Crippen LogP contribution in [0.1, 0.15) is 33.4 Å². The molecule has 0 saturated heterocycles. The maximum absolute atomic E-state index is 6.27. The topological polar surface area (TPSA) is 39.4 Å². The maximum atomic E-state index is 6.27. The summed E-state index contributed by atoms with van der Waals surface area (Å²) >= 11 is 0. The first-order chi connectivity index (χ1) is 23.3. The number of pyridine rings is 1. The number of hydrogen-bond donors (Lipinski definition) is 0. The molecule has 0 saturated carbocycles. The lowest BCUT2D eigenvalue weighted by atomic mass is 9.87. The SMILES string of the molecule is CC1(C)N=C(c2ccc(-c3cc4c(c5ccccc35)c3ccc(-c5ccc6ccccc6c5)cc3n4-c3ccccc3)cn2)OC1(C)C. The minimum atomic E-state index is -0.400. The normalized spacial score (nSPS) is 15.3. The van der Waals surface area contributed by atoms with Crippen molar-refractivity contribution in [1.29, 1.82) is 0 Å². The van der Waals surface area contributed by atoms with Crippen LogP contribution < -0.4 is 0 Å². The van der Waals surface area contributed by atoms with Crippen molar-refractivity contribution in [3.05, 3.63) is 145 Å². The van der Waals surface area contributed by atoms with Gasteiger partial charge in [0.05, 0.1) is 16.6 Å². The Morgan fingerprint density at radius 3 is 2.00 bits per heavy atom. The first-order valence-corrected chi connectivity index (χ1v) is 16.6. The van der Waals surface area contributed by atoms with Crippen LogP contribution in [0.2, 0.25) is 0 Å². The zero-order chi connectivity index (χ0) is 32.6. The van der Waals surface area contributed by atoms with Gasteiger partial charge in [-0.05, 0) is 102 Å². The Morgan fingerprint density at radius 2 is 1.25 bits per heavy atom. The Hall–Kier alpha value is -5.74. The van der Waals surface area contributed by atoms with Crippen LogP contribution >= 0.6 is 0 Å². The van der Waals surface area contributed by atoms with Crippen molar-refractivity contribution >= 4 is 49.2 Å². The second-order valence-corrected chi connectivity index (χ2v) is 13.8. The van der Waals surface area contributed by atoms with E-state index in [0.717, 1.165) is 28.0 Å². The highest BCUT2D eigenvalue weighted by molar-refractivity contribution is 6.24. The number of nitrogens with zero attached hydrogens (tertiary/aromatic N) is 3. The van der Waals surface area contributed by atoms with Crippen molar-refractivity contribution in [2.45, 2.75) is 38.8 Å². The van der Waals surface area contributed by atoms with Crippen LogP contribution in [0.25, 0.3) is 71.3 Å². The molecule has 0 atom stereocenters. The summed E-state index contributed by atoms with van der Waals surface area (Å²) in [4.78, 5) is 9.76. The number of ether oxygens (including phenoxy) is 1. The Labute approximate surface area is 280 Å². The molecule has 0 N–H and O–H groups in total. The molecule has 0 bridgehead atoms. The third-order valence-corrected chi connectivity index (χ3v) is 10.4. The molecular formula is C44H35N3O. The molecule has 0 spiro atoms. The second-order valence-electron chi connectivity index (χ2n) is 13.8.